The van der Waals surface area contributed by atoms with E-state index in [4.69, 9.17) is 0 Å². The van der Waals surface area contributed by atoms with Crippen LogP contribution in [0.2, 0.25) is 0 Å². The monoisotopic (exact) mass is 381 g/mol. The van der Waals surface area contributed by atoms with Crippen LogP contribution in [0.3, 0.4) is 0 Å². The second kappa shape index (κ2) is 6.24. The molecule has 0 fully saturated rings. The molecule has 29 heavy (non-hydrogen) atoms. The summed E-state index contributed by atoms with van der Waals surface area (Å²) in [4.78, 5) is 44.9. The largest absolute Gasteiger partial charge is 0.282 e. The molecule has 0 aromatic heterocycles. The third-order valence-electron chi connectivity index (χ3n) is 5.13. The first-order chi connectivity index (χ1) is 14.1. The Morgan fingerprint density at radius 1 is 0.690 bits per heavy atom. The van der Waals surface area contributed by atoms with Gasteiger partial charge in [0.2, 0.25) is 0 Å². The lowest BCUT2D eigenvalue weighted by Crippen LogP contribution is -2.25. The van der Waals surface area contributed by atoms with Gasteiger partial charge in [-0.3, -0.25) is 24.2 Å². The van der Waals surface area contributed by atoms with Crippen molar-refractivity contribution in [3.8, 4) is 0 Å². The minimum Gasteiger partial charge on any atom is -0.277 e. The Bertz CT molecular complexity index is 1230. The molecule has 0 spiro atoms. The van der Waals surface area contributed by atoms with Gasteiger partial charge in [0.25, 0.3) is 17.7 Å². The fourth-order valence-electron chi connectivity index (χ4n) is 3.69. The van der Waals surface area contributed by atoms with Crippen molar-refractivity contribution >= 4 is 40.5 Å². The SMILES string of the molecule is CN1C(=O)c2ccc(/N=C3\C(=O)N(c4ccccc4)c4ccccc43)cc2C1=O. The maximum atomic E-state index is 13.2. The lowest BCUT2D eigenvalue weighted by Gasteiger charge is -2.16. The number of amides is 3. The number of hydrogen-bond acceptors (Lipinski definition) is 4. The molecule has 0 unspecified atom stereocenters. The van der Waals surface area contributed by atoms with Crippen molar-refractivity contribution in [2.45, 2.75) is 0 Å². The van der Waals surface area contributed by atoms with Crippen molar-refractivity contribution in [1.29, 1.82) is 0 Å². The summed E-state index contributed by atoms with van der Waals surface area (Å²) in [5.74, 6) is -0.935. The van der Waals surface area contributed by atoms with Crippen molar-refractivity contribution < 1.29 is 14.4 Å². The summed E-state index contributed by atoms with van der Waals surface area (Å²) in [6, 6.07) is 21.6. The van der Waals surface area contributed by atoms with Gasteiger partial charge in [0.05, 0.1) is 22.5 Å². The Balaban J connectivity index is 1.62. The molecule has 2 heterocycles. The standard InChI is InChI=1S/C23H15N3O3/c1-25-21(27)16-12-11-14(13-18(16)22(25)28)24-20-17-9-5-6-10-19(17)26(23(20)29)15-7-3-2-4-8-15/h2-13H,1H3/b24-20-. The smallest absolute Gasteiger partial charge is 0.277 e. The van der Waals surface area contributed by atoms with E-state index in [1.54, 1.807) is 23.1 Å². The minimum atomic E-state index is -0.365. The van der Waals surface area contributed by atoms with Gasteiger partial charge in [0, 0.05) is 18.3 Å². The number of anilines is 2. The number of hydrogen-bond donors (Lipinski definition) is 0. The van der Waals surface area contributed by atoms with Crippen LogP contribution in [0.5, 0.6) is 0 Å². The average molecular weight is 381 g/mol. The van der Waals surface area contributed by atoms with Gasteiger partial charge in [0.1, 0.15) is 5.71 Å². The molecular formula is C23H15N3O3. The van der Waals surface area contributed by atoms with Gasteiger partial charge in [-0.25, -0.2) is 4.99 Å². The van der Waals surface area contributed by atoms with E-state index in [2.05, 4.69) is 4.99 Å². The van der Waals surface area contributed by atoms with E-state index < -0.39 is 0 Å². The Morgan fingerprint density at radius 3 is 2.17 bits per heavy atom. The zero-order chi connectivity index (χ0) is 20.1. The first-order valence-corrected chi connectivity index (χ1v) is 9.10. The van der Waals surface area contributed by atoms with Gasteiger partial charge in [-0.15, -0.1) is 0 Å². The lowest BCUT2D eigenvalue weighted by atomic mass is 10.1. The molecule has 0 N–H and O–H groups in total. The quantitative estimate of drug-likeness (QED) is 0.636. The zero-order valence-corrected chi connectivity index (χ0v) is 15.5. The third-order valence-corrected chi connectivity index (χ3v) is 5.13. The molecule has 3 aromatic rings. The van der Waals surface area contributed by atoms with Gasteiger partial charge >= 0.3 is 0 Å². The molecule has 0 saturated heterocycles. The van der Waals surface area contributed by atoms with E-state index in [9.17, 15) is 14.4 Å². The van der Waals surface area contributed by atoms with Gasteiger partial charge < -0.3 is 0 Å². The molecule has 2 aliphatic rings. The topological polar surface area (TPSA) is 70.1 Å². The molecule has 140 valence electrons. The molecule has 0 aliphatic carbocycles. The van der Waals surface area contributed by atoms with Crippen LogP contribution in [0.15, 0.2) is 77.8 Å². The lowest BCUT2D eigenvalue weighted by molar-refractivity contribution is -0.111. The third kappa shape index (κ3) is 2.50. The van der Waals surface area contributed by atoms with Crippen LogP contribution in [0.4, 0.5) is 17.1 Å². The zero-order valence-electron chi connectivity index (χ0n) is 15.5. The van der Waals surface area contributed by atoms with Crippen molar-refractivity contribution in [2.75, 3.05) is 11.9 Å². The van der Waals surface area contributed by atoms with Gasteiger partial charge in [-0.2, -0.15) is 0 Å². The Kier molecular flexibility index (Phi) is 3.67. The summed E-state index contributed by atoms with van der Waals surface area (Å²) in [5, 5.41) is 0. The van der Waals surface area contributed by atoms with Gasteiger partial charge in [0.15, 0.2) is 0 Å². The molecule has 3 aromatic carbocycles. The number of imide groups is 1. The molecular weight excluding hydrogens is 366 g/mol. The van der Waals surface area contributed by atoms with Crippen molar-refractivity contribution in [1.82, 2.24) is 4.90 Å². The Labute approximate surface area is 166 Å². The average Bonchev–Trinajstić information content (AvgIpc) is 3.15. The van der Waals surface area contributed by atoms with Crippen LogP contribution in [0, 0.1) is 0 Å². The van der Waals surface area contributed by atoms with Gasteiger partial charge in [-0.1, -0.05) is 36.4 Å². The highest BCUT2D eigenvalue weighted by Gasteiger charge is 2.36. The number of rotatable bonds is 2. The maximum absolute atomic E-state index is 13.2. The second-order valence-corrected chi connectivity index (χ2v) is 6.85. The molecule has 0 radical (unpaired) electrons. The number of para-hydroxylation sites is 2. The number of benzene rings is 3. The summed E-state index contributed by atoms with van der Waals surface area (Å²) in [7, 11) is 1.45. The van der Waals surface area contributed by atoms with Crippen LogP contribution >= 0.6 is 0 Å². The molecule has 5 rings (SSSR count). The summed E-state index contributed by atoms with van der Waals surface area (Å²) in [6.45, 7) is 0. The summed E-state index contributed by atoms with van der Waals surface area (Å²) < 4.78 is 0. The van der Waals surface area contributed by atoms with Gasteiger partial charge in [-0.05, 0) is 36.4 Å². The first-order valence-electron chi connectivity index (χ1n) is 9.10. The van der Waals surface area contributed by atoms with E-state index in [0.29, 0.717) is 22.5 Å². The molecule has 3 amide bonds. The van der Waals surface area contributed by atoms with Crippen LogP contribution in [-0.2, 0) is 4.79 Å². The summed E-state index contributed by atoms with van der Waals surface area (Å²) in [6.07, 6.45) is 0. The summed E-state index contributed by atoms with van der Waals surface area (Å²) in [5.41, 5.74) is 3.65. The van der Waals surface area contributed by atoms with E-state index in [1.165, 1.54) is 7.05 Å². The van der Waals surface area contributed by atoms with Crippen LogP contribution < -0.4 is 4.90 Å². The van der Waals surface area contributed by atoms with E-state index in [1.807, 2.05) is 54.6 Å². The molecule has 0 atom stereocenters. The number of carbonyl (C=O) groups excluding carboxylic acids is 3. The maximum Gasteiger partial charge on any atom is 0.282 e. The van der Waals surface area contributed by atoms with E-state index in [0.717, 1.165) is 21.8 Å². The highest BCUT2D eigenvalue weighted by Crippen LogP contribution is 2.36. The fraction of sp³-hybridized carbons (Fsp3) is 0.0435. The van der Waals surface area contributed by atoms with Crippen LogP contribution in [0.1, 0.15) is 26.3 Å². The predicted octanol–water partition coefficient (Wildman–Crippen LogP) is 3.71. The molecule has 0 saturated carbocycles. The molecule has 2 aliphatic heterocycles. The Morgan fingerprint density at radius 2 is 1.38 bits per heavy atom. The highest BCUT2D eigenvalue weighted by molar-refractivity contribution is 6.56. The predicted molar refractivity (Wildman–Crippen MR) is 109 cm³/mol. The second-order valence-electron chi connectivity index (χ2n) is 6.85. The van der Waals surface area contributed by atoms with Crippen LogP contribution in [0.25, 0.3) is 0 Å². The molecule has 0 bridgehead atoms. The summed E-state index contributed by atoms with van der Waals surface area (Å²) >= 11 is 0. The van der Waals surface area contributed by atoms with Crippen molar-refractivity contribution in [3.05, 3.63) is 89.5 Å². The van der Waals surface area contributed by atoms with Crippen molar-refractivity contribution in [2.24, 2.45) is 4.99 Å². The fourth-order valence-corrected chi connectivity index (χ4v) is 3.69. The highest BCUT2D eigenvalue weighted by atomic mass is 16.2. The van der Waals surface area contributed by atoms with Crippen LogP contribution in [-0.4, -0.2) is 35.4 Å². The number of fused-ring (bicyclic) bond motifs is 2. The first kappa shape index (κ1) is 17.1. The minimum absolute atomic E-state index is 0.239. The number of nitrogens with zero attached hydrogens (tertiary/aromatic N) is 3. The molecule has 6 nitrogen and oxygen atoms in total. The molecule has 6 heteroatoms. The number of carbonyl (C=O) groups is 3. The van der Waals surface area contributed by atoms with E-state index >= 15 is 0 Å². The Hall–Kier alpha value is -4.06. The van der Waals surface area contributed by atoms with Crippen molar-refractivity contribution in [3.63, 3.8) is 0 Å². The van der Waals surface area contributed by atoms with E-state index in [-0.39, 0.29) is 17.7 Å². The normalized spacial score (nSPS) is 16.6. The number of aliphatic imine (C=N–C) groups is 1.